The Kier molecular flexibility index (Phi) is 11.7. The number of carbonyl (C=O) groups excluding carboxylic acids is 2. The number of rotatable bonds is 14. The molecule has 0 amide bonds. The lowest BCUT2D eigenvalue weighted by Crippen LogP contribution is -2.54. The topological polar surface area (TPSA) is 139 Å². The van der Waals surface area contributed by atoms with Crippen molar-refractivity contribution in [1.82, 2.24) is 0 Å². The minimum atomic E-state index is -0.728. The van der Waals surface area contributed by atoms with Crippen LogP contribution in [0.15, 0.2) is 18.2 Å². The zero-order valence-electron chi connectivity index (χ0n) is 30.3. The molecule has 0 aliphatic heterocycles. The third-order valence-electron chi connectivity index (χ3n) is 13.7. The van der Waals surface area contributed by atoms with E-state index in [1.165, 1.54) is 57.8 Å². The smallest absolute Gasteiger partial charge is 0.306 e. The van der Waals surface area contributed by atoms with E-state index in [1.807, 2.05) is 0 Å². The molecular weight excluding hydrogens is 624 g/mol. The van der Waals surface area contributed by atoms with Gasteiger partial charge in [-0.1, -0.05) is 53.9 Å². The molecule has 1 aromatic carbocycles. The number of esters is 2. The van der Waals surface area contributed by atoms with E-state index in [2.05, 4.69) is 34.6 Å². The van der Waals surface area contributed by atoms with Crippen molar-refractivity contribution >= 4 is 23.3 Å². The van der Waals surface area contributed by atoms with Crippen molar-refractivity contribution in [2.45, 2.75) is 144 Å². The fourth-order valence-corrected chi connectivity index (χ4v) is 11.2. The maximum atomic E-state index is 12.8. The van der Waals surface area contributed by atoms with Gasteiger partial charge in [-0.2, -0.15) is 0 Å². The molecule has 10 nitrogen and oxygen atoms in total. The van der Waals surface area contributed by atoms with Gasteiger partial charge >= 0.3 is 11.9 Å². The summed E-state index contributed by atoms with van der Waals surface area (Å²) in [6, 6.07) is 3.15. The Morgan fingerprint density at radius 3 is 2.14 bits per heavy atom. The van der Waals surface area contributed by atoms with Gasteiger partial charge in [-0.25, -0.2) is 0 Å². The number of ether oxygens (including phenoxy) is 2. The summed E-state index contributed by atoms with van der Waals surface area (Å²) >= 11 is 0. The molecule has 0 N–H and O–H groups in total. The van der Waals surface area contributed by atoms with E-state index < -0.39 is 27.2 Å². The highest BCUT2D eigenvalue weighted by Crippen LogP contribution is 2.68. The molecule has 4 saturated carbocycles. The van der Waals surface area contributed by atoms with Crippen LogP contribution in [-0.4, -0.2) is 27.9 Å². The Morgan fingerprint density at radius 1 is 0.816 bits per heavy atom. The number of hydrogen-bond acceptors (Lipinski definition) is 8. The zero-order chi connectivity index (χ0) is 35.5. The Morgan fingerprint density at radius 2 is 1.47 bits per heavy atom. The van der Waals surface area contributed by atoms with Gasteiger partial charge in [-0.05, 0) is 116 Å². The second-order valence-corrected chi connectivity index (χ2v) is 17.0. The lowest BCUT2D eigenvalue weighted by atomic mass is 9.44. The van der Waals surface area contributed by atoms with E-state index >= 15 is 0 Å². The summed E-state index contributed by atoms with van der Waals surface area (Å²) < 4.78 is 11.1. The van der Waals surface area contributed by atoms with Gasteiger partial charge in [0.25, 0.3) is 11.4 Å². The SMILES string of the molecule is CC(C)CCCC(C)C1CCC2C3CCC4CC(OC(=O)CCCC(=O)OCc5cc([N+](=O)[O-])cc([N+](=O)[O-])c5)CCC4(C)C3CCC12C. The van der Waals surface area contributed by atoms with Crippen molar-refractivity contribution in [3.8, 4) is 0 Å². The van der Waals surface area contributed by atoms with Gasteiger partial charge in [0, 0.05) is 30.5 Å². The Bertz CT molecular complexity index is 1350. The summed E-state index contributed by atoms with van der Waals surface area (Å²) in [5.74, 6) is 4.64. The first kappa shape index (κ1) is 37.2. The summed E-state index contributed by atoms with van der Waals surface area (Å²) in [5, 5.41) is 22.2. The van der Waals surface area contributed by atoms with Crippen molar-refractivity contribution in [1.29, 1.82) is 0 Å². The lowest BCUT2D eigenvalue weighted by molar-refractivity contribution is -0.394. The van der Waals surface area contributed by atoms with Crippen molar-refractivity contribution in [2.75, 3.05) is 0 Å². The van der Waals surface area contributed by atoms with E-state index in [0.29, 0.717) is 16.7 Å². The summed E-state index contributed by atoms with van der Waals surface area (Å²) in [6.45, 7) is 12.1. The monoisotopic (exact) mass is 682 g/mol. The second kappa shape index (κ2) is 15.5. The van der Waals surface area contributed by atoms with Crippen LogP contribution in [0, 0.1) is 72.5 Å². The molecule has 0 spiro atoms. The highest BCUT2D eigenvalue weighted by Gasteiger charge is 2.60. The average Bonchev–Trinajstić information content (AvgIpc) is 3.41. The summed E-state index contributed by atoms with van der Waals surface area (Å²) in [6.07, 6.45) is 15.4. The van der Waals surface area contributed by atoms with Crippen molar-refractivity contribution in [2.24, 2.45) is 52.3 Å². The number of nitro groups is 2. The van der Waals surface area contributed by atoms with E-state index in [1.54, 1.807) is 0 Å². The number of non-ortho nitro benzene ring substituents is 2. The van der Waals surface area contributed by atoms with Gasteiger partial charge in [-0.15, -0.1) is 0 Å². The first-order valence-corrected chi connectivity index (χ1v) is 19.0. The van der Waals surface area contributed by atoms with Crippen molar-refractivity contribution < 1.29 is 28.9 Å². The molecule has 0 saturated heterocycles. The molecule has 9 unspecified atom stereocenters. The van der Waals surface area contributed by atoms with Gasteiger partial charge in [0.2, 0.25) is 0 Å². The average molecular weight is 683 g/mol. The number of nitro benzene ring substituents is 2. The number of fused-ring (bicyclic) bond motifs is 5. The molecule has 272 valence electrons. The lowest BCUT2D eigenvalue weighted by Gasteiger charge is -2.61. The number of hydrogen-bond donors (Lipinski definition) is 0. The number of carbonyl (C=O) groups is 2. The highest BCUT2D eigenvalue weighted by atomic mass is 16.6. The summed E-state index contributed by atoms with van der Waals surface area (Å²) in [5.41, 5.74) is 0.0755. The van der Waals surface area contributed by atoms with Crippen LogP contribution in [0.3, 0.4) is 0 Å². The molecular formula is C39H58N2O8. The first-order valence-electron chi connectivity index (χ1n) is 19.0. The molecule has 4 fully saturated rings. The van der Waals surface area contributed by atoms with Gasteiger partial charge in [-0.3, -0.25) is 29.8 Å². The molecule has 10 heteroatoms. The molecule has 0 aromatic heterocycles. The number of nitrogens with zero attached hydrogens (tertiary/aromatic N) is 2. The molecule has 4 aliphatic rings. The van der Waals surface area contributed by atoms with E-state index in [-0.39, 0.29) is 43.5 Å². The van der Waals surface area contributed by atoms with E-state index in [4.69, 9.17) is 9.47 Å². The summed E-state index contributed by atoms with van der Waals surface area (Å²) in [7, 11) is 0. The largest absolute Gasteiger partial charge is 0.462 e. The van der Waals surface area contributed by atoms with Gasteiger partial charge in [0.15, 0.2) is 0 Å². The third kappa shape index (κ3) is 8.30. The van der Waals surface area contributed by atoms with Crippen LogP contribution in [0.4, 0.5) is 11.4 Å². The summed E-state index contributed by atoms with van der Waals surface area (Å²) in [4.78, 5) is 45.8. The van der Waals surface area contributed by atoms with Crippen LogP contribution < -0.4 is 0 Å². The van der Waals surface area contributed by atoms with Crippen molar-refractivity contribution in [3.63, 3.8) is 0 Å². The predicted molar refractivity (Wildman–Crippen MR) is 186 cm³/mol. The van der Waals surface area contributed by atoms with E-state index in [9.17, 15) is 29.8 Å². The molecule has 5 rings (SSSR count). The number of benzene rings is 1. The molecule has 0 heterocycles. The minimum absolute atomic E-state index is 0.0157. The quantitative estimate of drug-likeness (QED) is 0.107. The fourth-order valence-electron chi connectivity index (χ4n) is 11.2. The predicted octanol–water partition coefficient (Wildman–Crippen LogP) is 9.75. The maximum absolute atomic E-state index is 12.8. The standard InChI is InChI=1S/C39H58N2O8/c1-25(2)8-6-9-26(3)33-14-15-34-32-13-12-28-22-31(16-18-38(28,4)35(32)17-19-39(33,34)5)49-37(43)11-7-10-36(42)48-24-27-20-29(40(44)45)23-30(21-27)41(46)47/h20-21,23,25-26,28,31-35H,6-19,22,24H2,1-5H3. The normalized spacial score (nSPS) is 32.8. The molecule has 9 atom stereocenters. The minimum Gasteiger partial charge on any atom is -0.462 e. The Labute approximate surface area is 291 Å². The fraction of sp³-hybridized carbons (Fsp3) is 0.795. The van der Waals surface area contributed by atoms with Crippen LogP contribution >= 0.6 is 0 Å². The van der Waals surface area contributed by atoms with Crippen LogP contribution in [0.5, 0.6) is 0 Å². The molecule has 0 bridgehead atoms. The van der Waals surface area contributed by atoms with Crippen LogP contribution in [0.1, 0.15) is 136 Å². The highest BCUT2D eigenvalue weighted by molar-refractivity contribution is 5.72. The Balaban J connectivity index is 1.06. The maximum Gasteiger partial charge on any atom is 0.306 e. The van der Waals surface area contributed by atoms with E-state index in [0.717, 1.165) is 73.0 Å². The Hall–Kier alpha value is -3.04. The second-order valence-electron chi connectivity index (χ2n) is 17.0. The third-order valence-corrected chi connectivity index (χ3v) is 13.7. The van der Waals surface area contributed by atoms with Gasteiger partial charge < -0.3 is 9.47 Å². The van der Waals surface area contributed by atoms with Gasteiger partial charge in [0.05, 0.1) is 15.9 Å². The molecule has 1 aromatic rings. The van der Waals surface area contributed by atoms with Crippen LogP contribution in [0.2, 0.25) is 0 Å². The van der Waals surface area contributed by atoms with Crippen LogP contribution in [0.25, 0.3) is 0 Å². The molecule has 4 aliphatic carbocycles. The zero-order valence-corrected chi connectivity index (χ0v) is 30.3. The van der Waals surface area contributed by atoms with Crippen molar-refractivity contribution in [3.05, 3.63) is 44.0 Å². The molecule has 49 heavy (non-hydrogen) atoms. The van der Waals surface area contributed by atoms with Crippen LogP contribution in [-0.2, 0) is 25.7 Å². The molecule has 0 radical (unpaired) electrons. The first-order chi connectivity index (χ1) is 23.2. The van der Waals surface area contributed by atoms with Gasteiger partial charge in [0.1, 0.15) is 12.7 Å².